The number of hydrogen-bond acceptors (Lipinski definition) is 4. The Morgan fingerprint density at radius 2 is 2.07 bits per heavy atom. The quantitative estimate of drug-likeness (QED) is 0.771. The highest BCUT2D eigenvalue weighted by molar-refractivity contribution is 6.31. The van der Waals surface area contributed by atoms with E-state index in [1.54, 1.807) is 23.1 Å². The molecule has 0 spiro atoms. The molecular formula is C20H18ClN3O4. The molecule has 0 radical (unpaired) electrons. The van der Waals surface area contributed by atoms with Gasteiger partial charge in [-0.3, -0.25) is 4.90 Å². The third-order valence-electron chi connectivity index (χ3n) is 3.92. The fourth-order valence-electron chi connectivity index (χ4n) is 2.57. The Bertz CT molecular complexity index is 935. The molecule has 2 aromatic carbocycles. The SMILES string of the molecule is COc1ccc(Cl)cc1NC(=O)NCC#Cc1ccc(N2CCOC2=O)cc1. The van der Waals surface area contributed by atoms with Crippen LogP contribution in [-0.4, -0.2) is 38.9 Å². The van der Waals surface area contributed by atoms with E-state index in [4.69, 9.17) is 21.1 Å². The van der Waals surface area contributed by atoms with Crippen LogP contribution in [-0.2, 0) is 4.74 Å². The van der Waals surface area contributed by atoms with Gasteiger partial charge in [-0.1, -0.05) is 23.4 Å². The summed E-state index contributed by atoms with van der Waals surface area (Å²) in [5.74, 6) is 6.33. The summed E-state index contributed by atoms with van der Waals surface area (Å²) in [5.41, 5.74) is 2.01. The average molecular weight is 400 g/mol. The lowest BCUT2D eigenvalue weighted by atomic mass is 10.2. The van der Waals surface area contributed by atoms with Crippen molar-refractivity contribution < 1.29 is 19.1 Å². The van der Waals surface area contributed by atoms with E-state index in [0.717, 1.165) is 11.3 Å². The van der Waals surface area contributed by atoms with Gasteiger partial charge >= 0.3 is 12.1 Å². The van der Waals surface area contributed by atoms with Crippen LogP contribution in [0.1, 0.15) is 5.56 Å². The van der Waals surface area contributed by atoms with Crippen LogP contribution in [0, 0.1) is 11.8 Å². The summed E-state index contributed by atoms with van der Waals surface area (Å²) in [4.78, 5) is 25.1. The Kier molecular flexibility index (Phi) is 6.25. The average Bonchev–Trinajstić information content (AvgIpc) is 3.12. The standard InChI is InChI=1S/C20H18ClN3O4/c1-27-18-9-6-15(21)13-17(18)23-19(25)22-10-2-3-14-4-7-16(8-5-14)24-11-12-28-20(24)26/h4-9,13H,10-12H2,1H3,(H2,22,23,25). The Morgan fingerprint density at radius 1 is 1.29 bits per heavy atom. The Balaban J connectivity index is 1.51. The van der Waals surface area contributed by atoms with Gasteiger partial charge in [0.05, 0.1) is 25.9 Å². The van der Waals surface area contributed by atoms with Gasteiger partial charge in [-0.25, -0.2) is 9.59 Å². The van der Waals surface area contributed by atoms with Crippen LogP contribution >= 0.6 is 11.6 Å². The first-order valence-electron chi connectivity index (χ1n) is 8.48. The van der Waals surface area contributed by atoms with E-state index in [1.807, 2.05) is 24.3 Å². The van der Waals surface area contributed by atoms with E-state index in [0.29, 0.717) is 29.6 Å². The molecule has 0 saturated carbocycles. The smallest absolute Gasteiger partial charge is 0.414 e. The molecule has 3 rings (SSSR count). The minimum atomic E-state index is -0.419. The van der Waals surface area contributed by atoms with Crippen LogP contribution in [0.15, 0.2) is 42.5 Å². The summed E-state index contributed by atoms with van der Waals surface area (Å²) in [5, 5.41) is 5.80. The maximum absolute atomic E-state index is 12.0. The van der Waals surface area contributed by atoms with E-state index < -0.39 is 6.03 Å². The van der Waals surface area contributed by atoms with Crippen LogP contribution in [0.3, 0.4) is 0 Å². The lowest BCUT2D eigenvalue weighted by molar-refractivity contribution is 0.181. The van der Waals surface area contributed by atoms with E-state index in [2.05, 4.69) is 22.5 Å². The minimum Gasteiger partial charge on any atom is -0.495 e. The molecule has 0 aliphatic carbocycles. The number of rotatable bonds is 4. The number of halogens is 1. The number of anilines is 2. The number of carbonyl (C=O) groups excluding carboxylic acids is 2. The lowest BCUT2D eigenvalue weighted by Crippen LogP contribution is -2.29. The number of cyclic esters (lactones) is 1. The van der Waals surface area contributed by atoms with Gasteiger partial charge in [-0.05, 0) is 42.5 Å². The molecule has 144 valence electrons. The molecule has 1 heterocycles. The van der Waals surface area contributed by atoms with E-state index >= 15 is 0 Å². The first-order valence-corrected chi connectivity index (χ1v) is 8.86. The van der Waals surface area contributed by atoms with Crippen LogP contribution in [0.25, 0.3) is 0 Å². The monoisotopic (exact) mass is 399 g/mol. The summed E-state index contributed by atoms with van der Waals surface area (Å²) >= 11 is 5.93. The molecular weight excluding hydrogens is 382 g/mol. The fraction of sp³-hybridized carbons (Fsp3) is 0.200. The largest absolute Gasteiger partial charge is 0.495 e. The second kappa shape index (κ2) is 9.02. The molecule has 2 N–H and O–H groups in total. The van der Waals surface area contributed by atoms with Crippen molar-refractivity contribution in [2.24, 2.45) is 0 Å². The predicted molar refractivity (Wildman–Crippen MR) is 107 cm³/mol. The van der Waals surface area contributed by atoms with Crippen molar-refractivity contribution in [2.75, 3.05) is 37.0 Å². The fourth-order valence-corrected chi connectivity index (χ4v) is 2.74. The van der Waals surface area contributed by atoms with Gasteiger partial charge in [0.15, 0.2) is 0 Å². The van der Waals surface area contributed by atoms with Gasteiger partial charge in [0.2, 0.25) is 0 Å². The van der Waals surface area contributed by atoms with Gasteiger partial charge in [0.1, 0.15) is 12.4 Å². The summed E-state index contributed by atoms with van der Waals surface area (Å²) < 4.78 is 10.1. The number of amides is 3. The number of benzene rings is 2. The molecule has 7 nitrogen and oxygen atoms in total. The molecule has 8 heteroatoms. The molecule has 28 heavy (non-hydrogen) atoms. The number of hydrogen-bond donors (Lipinski definition) is 2. The molecule has 1 aliphatic rings. The topological polar surface area (TPSA) is 79.9 Å². The van der Waals surface area contributed by atoms with Crippen molar-refractivity contribution in [1.82, 2.24) is 5.32 Å². The molecule has 1 fully saturated rings. The third kappa shape index (κ3) is 4.87. The highest BCUT2D eigenvalue weighted by Gasteiger charge is 2.23. The Labute approximate surface area is 167 Å². The van der Waals surface area contributed by atoms with Crippen LogP contribution in [0.4, 0.5) is 21.0 Å². The molecule has 1 aliphatic heterocycles. The third-order valence-corrected chi connectivity index (χ3v) is 4.15. The molecule has 1 saturated heterocycles. The normalized spacial score (nSPS) is 12.6. The Morgan fingerprint density at radius 3 is 2.75 bits per heavy atom. The van der Waals surface area contributed by atoms with Crippen molar-refractivity contribution in [1.29, 1.82) is 0 Å². The minimum absolute atomic E-state index is 0.162. The Hall–Kier alpha value is -3.37. The van der Waals surface area contributed by atoms with Crippen molar-refractivity contribution in [2.45, 2.75) is 0 Å². The van der Waals surface area contributed by atoms with Crippen molar-refractivity contribution in [3.63, 3.8) is 0 Å². The van der Waals surface area contributed by atoms with Gasteiger partial charge in [-0.15, -0.1) is 0 Å². The molecule has 0 unspecified atom stereocenters. The second-order valence-electron chi connectivity index (χ2n) is 5.77. The molecule has 0 atom stereocenters. The number of nitrogens with one attached hydrogen (secondary N) is 2. The number of carbonyl (C=O) groups is 2. The van der Waals surface area contributed by atoms with Crippen LogP contribution in [0.2, 0.25) is 5.02 Å². The highest BCUT2D eigenvalue weighted by Crippen LogP contribution is 2.27. The first kappa shape index (κ1) is 19.4. The molecule has 2 aromatic rings. The summed E-state index contributed by atoms with van der Waals surface area (Å²) in [7, 11) is 1.51. The first-order chi connectivity index (χ1) is 13.6. The van der Waals surface area contributed by atoms with Gasteiger partial charge < -0.3 is 20.1 Å². The predicted octanol–water partition coefficient (Wildman–Crippen LogP) is 3.48. The lowest BCUT2D eigenvalue weighted by Gasteiger charge is -2.12. The highest BCUT2D eigenvalue weighted by atomic mass is 35.5. The number of ether oxygens (including phenoxy) is 2. The van der Waals surface area contributed by atoms with E-state index in [1.165, 1.54) is 7.11 Å². The number of nitrogens with zero attached hydrogens (tertiary/aromatic N) is 1. The zero-order chi connectivity index (χ0) is 19.9. The van der Waals surface area contributed by atoms with Gasteiger partial charge in [0, 0.05) is 16.3 Å². The number of urea groups is 1. The maximum Gasteiger partial charge on any atom is 0.414 e. The summed E-state index contributed by atoms with van der Waals surface area (Å²) in [6, 6.07) is 11.8. The van der Waals surface area contributed by atoms with E-state index in [-0.39, 0.29) is 12.6 Å². The maximum atomic E-state index is 12.0. The van der Waals surface area contributed by atoms with E-state index in [9.17, 15) is 9.59 Å². The summed E-state index contributed by atoms with van der Waals surface area (Å²) in [6.07, 6.45) is -0.342. The van der Waals surface area contributed by atoms with Crippen molar-refractivity contribution in [3.05, 3.63) is 53.1 Å². The zero-order valence-corrected chi connectivity index (χ0v) is 15.9. The van der Waals surface area contributed by atoms with Crippen molar-refractivity contribution in [3.8, 4) is 17.6 Å². The molecule has 3 amide bonds. The summed E-state index contributed by atoms with van der Waals surface area (Å²) in [6.45, 7) is 1.10. The number of methoxy groups -OCH3 is 1. The second-order valence-corrected chi connectivity index (χ2v) is 6.20. The molecule has 0 bridgehead atoms. The van der Waals surface area contributed by atoms with Crippen LogP contribution < -0.4 is 20.3 Å². The zero-order valence-electron chi connectivity index (χ0n) is 15.1. The van der Waals surface area contributed by atoms with Crippen molar-refractivity contribution >= 4 is 35.1 Å². The van der Waals surface area contributed by atoms with Gasteiger partial charge in [-0.2, -0.15) is 0 Å². The molecule has 0 aromatic heterocycles. The van der Waals surface area contributed by atoms with Gasteiger partial charge in [0.25, 0.3) is 0 Å². The van der Waals surface area contributed by atoms with Crippen LogP contribution in [0.5, 0.6) is 5.75 Å².